The Bertz CT molecular complexity index is 911. The molecule has 0 aliphatic heterocycles. The van der Waals surface area contributed by atoms with Gasteiger partial charge in [0.2, 0.25) is 12.6 Å². The summed E-state index contributed by atoms with van der Waals surface area (Å²) in [6, 6.07) is 41.6. The molecule has 0 spiro atoms. The molecule has 0 fully saturated rings. The average Bonchev–Trinajstić information content (AvgIpc) is 2.91. The molecule has 180 valence electrons. The molecule has 4 nitrogen and oxygen atoms in total. The summed E-state index contributed by atoms with van der Waals surface area (Å²) in [6.07, 6.45) is -0.533. The van der Waals surface area contributed by atoms with Gasteiger partial charge in [-0.15, -0.1) is 0 Å². The normalized spacial score (nSPS) is 11.5. The van der Waals surface area contributed by atoms with E-state index < -0.39 is 0 Å². The molecule has 0 aromatic heterocycles. The Kier molecular flexibility index (Phi) is 9.88. The minimum absolute atomic E-state index is 0.266. The third-order valence-electron chi connectivity index (χ3n) is 5.42. The van der Waals surface area contributed by atoms with Gasteiger partial charge in [0.15, 0.2) is 0 Å². The predicted molar refractivity (Wildman–Crippen MR) is 147 cm³/mol. The van der Waals surface area contributed by atoms with Gasteiger partial charge in [-0.2, -0.15) is 0 Å². The van der Waals surface area contributed by atoms with Crippen molar-refractivity contribution in [2.24, 2.45) is 0 Å². The van der Waals surface area contributed by atoms with Gasteiger partial charge in [-0.1, -0.05) is 78.5 Å². The molecule has 4 aromatic rings. The summed E-state index contributed by atoms with van der Waals surface area (Å²) in [7, 11) is -0.702. The molecule has 0 aliphatic rings. The van der Waals surface area contributed by atoms with Crippen molar-refractivity contribution in [2.75, 3.05) is 0 Å². The van der Waals surface area contributed by atoms with Crippen molar-refractivity contribution in [3.8, 4) is 23.0 Å². The summed E-state index contributed by atoms with van der Waals surface area (Å²) in [6.45, 7) is 0. The molecule has 0 atom stereocenters. The second-order valence-corrected chi connectivity index (χ2v) is 13.6. The predicted octanol–water partition coefficient (Wildman–Crippen LogP) is 5.50. The van der Waals surface area contributed by atoms with E-state index in [2.05, 4.69) is 0 Å². The van der Waals surface area contributed by atoms with Gasteiger partial charge in [0.25, 0.3) is 0 Å². The van der Waals surface area contributed by atoms with Crippen molar-refractivity contribution in [2.45, 2.75) is 30.3 Å². The van der Waals surface area contributed by atoms with Crippen LogP contribution < -0.4 is 18.9 Å². The molecule has 35 heavy (non-hydrogen) atoms. The quantitative estimate of drug-likeness (QED) is 0.130. The van der Waals surface area contributed by atoms with Gasteiger partial charge in [-0.05, 0) is 48.5 Å². The van der Waals surface area contributed by atoms with Crippen molar-refractivity contribution in [1.29, 1.82) is 0 Å². The average molecular weight is 501 g/mol. The lowest BCUT2D eigenvalue weighted by Gasteiger charge is -2.21. The monoisotopic (exact) mass is 500 g/mol. The van der Waals surface area contributed by atoms with Crippen LogP contribution in [0.2, 0.25) is 17.8 Å². The Labute approximate surface area is 212 Å². The largest absolute Gasteiger partial charge is 0.455 e. The van der Waals surface area contributed by atoms with Crippen LogP contribution in [0.1, 0.15) is 0 Å². The minimum Gasteiger partial charge on any atom is -0.455 e. The van der Waals surface area contributed by atoms with Crippen LogP contribution in [-0.4, -0.2) is 31.6 Å². The summed E-state index contributed by atoms with van der Waals surface area (Å²) < 4.78 is 24.7. The van der Waals surface area contributed by atoms with Gasteiger partial charge >= 0.3 is 0 Å². The molecular weight excluding hydrogens is 468 g/mol. The SMILES string of the molecule is c1ccc(OC(C[SiH2]C[SiH2]CC(Oc2ccccc2)Oc2ccccc2)Oc2ccccc2)cc1. The Hall–Kier alpha value is -3.49. The fraction of sp³-hybridized carbons (Fsp3) is 0.172. The van der Waals surface area contributed by atoms with Gasteiger partial charge in [0.1, 0.15) is 23.0 Å². The lowest BCUT2D eigenvalue weighted by Crippen LogP contribution is -2.27. The number of benzene rings is 4. The van der Waals surface area contributed by atoms with Gasteiger partial charge in [0, 0.05) is 31.1 Å². The van der Waals surface area contributed by atoms with Crippen molar-refractivity contribution < 1.29 is 18.9 Å². The molecule has 4 aromatic carbocycles. The van der Waals surface area contributed by atoms with E-state index >= 15 is 0 Å². The van der Waals surface area contributed by atoms with Gasteiger partial charge in [0.05, 0.1) is 0 Å². The van der Waals surface area contributed by atoms with Crippen LogP contribution >= 0.6 is 0 Å². The summed E-state index contributed by atoms with van der Waals surface area (Å²) in [5, 5.41) is 0. The number of hydrogen-bond acceptors (Lipinski definition) is 4. The van der Waals surface area contributed by atoms with Crippen molar-refractivity contribution in [1.82, 2.24) is 0 Å². The van der Waals surface area contributed by atoms with E-state index in [4.69, 9.17) is 18.9 Å². The molecule has 0 saturated carbocycles. The van der Waals surface area contributed by atoms with E-state index in [0.717, 1.165) is 35.1 Å². The third kappa shape index (κ3) is 9.00. The van der Waals surface area contributed by atoms with Crippen LogP contribution in [0, 0.1) is 0 Å². The fourth-order valence-corrected chi connectivity index (χ4v) is 8.55. The Balaban J connectivity index is 1.28. The first-order chi connectivity index (χ1) is 17.3. The number of rotatable bonds is 14. The van der Waals surface area contributed by atoms with E-state index in [1.54, 1.807) is 0 Å². The van der Waals surface area contributed by atoms with Crippen molar-refractivity contribution in [3.63, 3.8) is 0 Å². The van der Waals surface area contributed by atoms with E-state index in [0.29, 0.717) is 0 Å². The molecular formula is C29H32O4Si2. The maximum Gasteiger partial charge on any atom is 0.238 e. The van der Waals surface area contributed by atoms with Crippen LogP contribution in [0.25, 0.3) is 0 Å². The number of hydrogen-bond donors (Lipinski definition) is 0. The zero-order chi connectivity index (χ0) is 24.0. The summed E-state index contributed by atoms with van der Waals surface area (Å²) in [5.74, 6) is 3.36. The maximum absolute atomic E-state index is 6.18. The molecule has 4 rings (SSSR count). The first-order valence-corrected chi connectivity index (χ1v) is 16.2. The van der Waals surface area contributed by atoms with Gasteiger partial charge in [-0.3, -0.25) is 0 Å². The maximum atomic E-state index is 6.18. The minimum atomic E-state index is -0.351. The number of ether oxygens (including phenoxy) is 4. The number of para-hydroxylation sites is 4. The lowest BCUT2D eigenvalue weighted by atomic mass is 10.3. The van der Waals surface area contributed by atoms with E-state index in [-0.39, 0.29) is 31.6 Å². The molecule has 0 saturated heterocycles. The highest BCUT2D eigenvalue weighted by Gasteiger charge is 2.15. The molecule has 0 amide bonds. The van der Waals surface area contributed by atoms with E-state index in [1.807, 2.05) is 121 Å². The summed E-state index contributed by atoms with van der Waals surface area (Å²) in [4.78, 5) is 0. The topological polar surface area (TPSA) is 36.9 Å². The Morgan fingerprint density at radius 2 is 0.657 bits per heavy atom. The second-order valence-electron chi connectivity index (χ2n) is 8.22. The van der Waals surface area contributed by atoms with Crippen molar-refractivity contribution in [3.05, 3.63) is 121 Å². The zero-order valence-corrected chi connectivity index (χ0v) is 22.7. The van der Waals surface area contributed by atoms with Crippen LogP contribution in [0.5, 0.6) is 23.0 Å². The molecule has 6 heteroatoms. The van der Waals surface area contributed by atoms with E-state index in [9.17, 15) is 0 Å². The second kappa shape index (κ2) is 14.0. The van der Waals surface area contributed by atoms with E-state index in [1.165, 1.54) is 5.67 Å². The van der Waals surface area contributed by atoms with Crippen LogP contribution in [-0.2, 0) is 0 Å². The zero-order valence-electron chi connectivity index (χ0n) is 19.9. The molecule has 0 unspecified atom stereocenters. The Morgan fingerprint density at radius 3 is 0.914 bits per heavy atom. The molecule has 0 bridgehead atoms. The standard InChI is InChI=1S/C29H32O4Si2/c1-5-13-24(14-6-1)30-28(31-25-15-7-2-8-16-25)21-34-23-35-22-29(32-26-17-9-3-10-18-26)33-27-19-11-4-12-20-27/h1-20,28-29H,21-23,34-35H2. The van der Waals surface area contributed by atoms with Gasteiger partial charge in [-0.25, -0.2) is 0 Å². The van der Waals surface area contributed by atoms with Crippen LogP contribution in [0.4, 0.5) is 0 Å². The fourth-order valence-electron chi connectivity index (χ4n) is 3.69. The molecule has 0 N–H and O–H groups in total. The summed E-state index contributed by atoms with van der Waals surface area (Å²) >= 11 is 0. The highest BCUT2D eigenvalue weighted by Crippen LogP contribution is 2.20. The summed E-state index contributed by atoms with van der Waals surface area (Å²) in [5.41, 5.74) is 1.29. The lowest BCUT2D eigenvalue weighted by molar-refractivity contribution is 0.0223. The molecule has 0 aliphatic carbocycles. The highest BCUT2D eigenvalue weighted by atomic mass is 28.3. The van der Waals surface area contributed by atoms with Crippen LogP contribution in [0.3, 0.4) is 0 Å². The first kappa shape index (κ1) is 24.6. The molecule has 0 radical (unpaired) electrons. The smallest absolute Gasteiger partial charge is 0.238 e. The van der Waals surface area contributed by atoms with Crippen molar-refractivity contribution >= 4 is 19.0 Å². The highest BCUT2D eigenvalue weighted by molar-refractivity contribution is 6.55. The Morgan fingerprint density at radius 1 is 0.400 bits per heavy atom. The van der Waals surface area contributed by atoms with Gasteiger partial charge < -0.3 is 18.9 Å². The third-order valence-corrected chi connectivity index (χ3v) is 11.2. The molecule has 0 heterocycles. The van der Waals surface area contributed by atoms with Crippen LogP contribution in [0.15, 0.2) is 121 Å². The first-order valence-electron chi connectivity index (χ1n) is 12.2.